The zero-order valence-corrected chi connectivity index (χ0v) is 13.6. The highest BCUT2D eigenvalue weighted by Gasteiger charge is 2.13. The Morgan fingerprint density at radius 3 is 2.78 bits per heavy atom. The highest BCUT2D eigenvalue weighted by molar-refractivity contribution is 7.08. The largest absolute Gasteiger partial charge is 0.355 e. The van der Waals surface area contributed by atoms with Gasteiger partial charge < -0.3 is 4.90 Å². The van der Waals surface area contributed by atoms with E-state index in [1.165, 1.54) is 11.1 Å². The van der Waals surface area contributed by atoms with Crippen LogP contribution in [0.1, 0.15) is 5.56 Å². The summed E-state index contributed by atoms with van der Waals surface area (Å²) < 4.78 is 1.91. The molecule has 4 nitrogen and oxygen atoms in total. The van der Waals surface area contributed by atoms with Crippen molar-refractivity contribution in [3.63, 3.8) is 0 Å². The van der Waals surface area contributed by atoms with Crippen molar-refractivity contribution in [1.29, 1.82) is 0 Å². The van der Waals surface area contributed by atoms with E-state index in [0.717, 1.165) is 23.6 Å². The molecule has 114 valence electrons. The lowest BCUT2D eigenvalue weighted by Crippen LogP contribution is -2.19. The van der Waals surface area contributed by atoms with Crippen molar-refractivity contribution >= 4 is 22.8 Å². The van der Waals surface area contributed by atoms with Crippen LogP contribution in [0.4, 0.5) is 5.82 Å². The van der Waals surface area contributed by atoms with Crippen LogP contribution in [-0.2, 0) is 6.54 Å². The number of hydrogen-bond acceptors (Lipinski definition) is 4. The summed E-state index contributed by atoms with van der Waals surface area (Å²) in [6.07, 6.45) is 3.74. The van der Waals surface area contributed by atoms with Crippen LogP contribution in [0.3, 0.4) is 0 Å². The highest BCUT2D eigenvalue weighted by Crippen LogP contribution is 2.27. The number of nitrogens with zero attached hydrogens (tertiary/aromatic N) is 4. The third kappa shape index (κ3) is 2.59. The second kappa shape index (κ2) is 5.85. The third-order valence-corrected chi connectivity index (χ3v) is 4.55. The monoisotopic (exact) mass is 320 g/mol. The summed E-state index contributed by atoms with van der Waals surface area (Å²) in [6, 6.07) is 14.5. The van der Waals surface area contributed by atoms with Gasteiger partial charge in [-0.3, -0.25) is 0 Å². The minimum Gasteiger partial charge on any atom is -0.355 e. The molecule has 0 bridgehead atoms. The van der Waals surface area contributed by atoms with Gasteiger partial charge in [-0.25, -0.2) is 4.98 Å². The Bertz CT molecular complexity index is 913. The van der Waals surface area contributed by atoms with Gasteiger partial charge in [0.05, 0.1) is 6.20 Å². The minimum absolute atomic E-state index is 0.827. The van der Waals surface area contributed by atoms with Gasteiger partial charge in [0.1, 0.15) is 5.82 Å². The van der Waals surface area contributed by atoms with E-state index in [1.54, 1.807) is 11.3 Å². The molecular formula is C18H16N4S. The lowest BCUT2D eigenvalue weighted by molar-refractivity contribution is 0.832. The Kier molecular flexibility index (Phi) is 3.55. The second-order valence-electron chi connectivity index (χ2n) is 5.45. The van der Waals surface area contributed by atoms with Crippen molar-refractivity contribution in [3.8, 4) is 11.1 Å². The van der Waals surface area contributed by atoms with Crippen LogP contribution in [0.2, 0.25) is 0 Å². The van der Waals surface area contributed by atoms with Crippen LogP contribution in [0, 0.1) is 0 Å². The molecular weight excluding hydrogens is 304 g/mol. The molecule has 0 radical (unpaired) electrons. The second-order valence-corrected chi connectivity index (χ2v) is 6.23. The molecule has 0 unspecified atom stereocenters. The molecule has 4 aromatic rings. The van der Waals surface area contributed by atoms with Gasteiger partial charge in [-0.1, -0.05) is 30.3 Å². The maximum absolute atomic E-state index is 4.55. The van der Waals surface area contributed by atoms with Gasteiger partial charge in [0, 0.05) is 25.4 Å². The van der Waals surface area contributed by atoms with E-state index in [9.17, 15) is 0 Å². The van der Waals surface area contributed by atoms with Crippen LogP contribution in [0.25, 0.3) is 16.8 Å². The SMILES string of the molecule is CN(Cc1ccccc1)c1ccnc2c(-c3ccsc3)cnn12. The number of benzene rings is 1. The number of rotatable bonds is 4. The standard InChI is InChI=1S/C18H16N4S/c1-21(12-14-5-3-2-4-6-14)17-7-9-19-18-16(11-20-22(17)18)15-8-10-23-13-15/h2-11,13H,12H2,1H3. The lowest BCUT2D eigenvalue weighted by atomic mass is 10.2. The van der Waals surface area contributed by atoms with Crippen molar-refractivity contribution in [2.75, 3.05) is 11.9 Å². The quantitative estimate of drug-likeness (QED) is 0.568. The molecule has 0 aliphatic rings. The molecule has 3 heterocycles. The normalized spacial score (nSPS) is 11.0. The summed E-state index contributed by atoms with van der Waals surface area (Å²) in [6.45, 7) is 0.827. The molecule has 0 saturated carbocycles. The fourth-order valence-corrected chi connectivity index (χ4v) is 3.38. The van der Waals surface area contributed by atoms with Crippen LogP contribution in [0.15, 0.2) is 65.6 Å². The van der Waals surface area contributed by atoms with E-state index in [-0.39, 0.29) is 0 Å². The van der Waals surface area contributed by atoms with Crippen LogP contribution >= 0.6 is 11.3 Å². The molecule has 0 amide bonds. The van der Waals surface area contributed by atoms with Crippen LogP contribution in [0.5, 0.6) is 0 Å². The predicted molar refractivity (Wildman–Crippen MR) is 94.8 cm³/mol. The number of anilines is 1. The van der Waals surface area contributed by atoms with Crippen molar-refractivity contribution in [2.24, 2.45) is 0 Å². The molecule has 4 rings (SSSR count). The van der Waals surface area contributed by atoms with Gasteiger partial charge in [0.2, 0.25) is 0 Å². The van der Waals surface area contributed by atoms with Gasteiger partial charge in [0.25, 0.3) is 0 Å². The summed E-state index contributed by atoms with van der Waals surface area (Å²) in [5.41, 5.74) is 4.40. The number of hydrogen-bond donors (Lipinski definition) is 0. The number of thiophene rings is 1. The Morgan fingerprint density at radius 2 is 2.00 bits per heavy atom. The van der Waals surface area contributed by atoms with Crippen LogP contribution in [-0.4, -0.2) is 21.6 Å². The minimum atomic E-state index is 0.827. The Balaban J connectivity index is 1.73. The first-order valence-corrected chi connectivity index (χ1v) is 8.37. The molecule has 0 atom stereocenters. The summed E-state index contributed by atoms with van der Waals surface area (Å²) >= 11 is 1.68. The molecule has 3 aromatic heterocycles. The fourth-order valence-electron chi connectivity index (χ4n) is 2.73. The first-order chi connectivity index (χ1) is 11.3. The topological polar surface area (TPSA) is 33.4 Å². The molecule has 0 N–H and O–H groups in total. The molecule has 0 aliphatic carbocycles. The van der Waals surface area contributed by atoms with E-state index in [1.807, 2.05) is 29.0 Å². The maximum atomic E-state index is 4.55. The first-order valence-electron chi connectivity index (χ1n) is 7.43. The van der Waals surface area contributed by atoms with Gasteiger partial charge in [-0.2, -0.15) is 21.0 Å². The molecule has 0 aliphatic heterocycles. The van der Waals surface area contributed by atoms with Gasteiger partial charge in [0.15, 0.2) is 5.65 Å². The summed E-state index contributed by atoms with van der Waals surface area (Å²) in [4.78, 5) is 6.71. The maximum Gasteiger partial charge on any atom is 0.165 e. The van der Waals surface area contributed by atoms with Crippen molar-refractivity contribution in [1.82, 2.24) is 14.6 Å². The molecule has 0 saturated heterocycles. The van der Waals surface area contributed by atoms with Crippen LogP contribution < -0.4 is 4.90 Å². The van der Waals surface area contributed by atoms with E-state index < -0.39 is 0 Å². The molecule has 0 spiro atoms. The molecule has 0 fully saturated rings. The van der Waals surface area contributed by atoms with E-state index >= 15 is 0 Å². The van der Waals surface area contributed by atoms with E-state index in [2.05, 4.69) is 63.1 Å². The lowest BCUT2D eigenvalue weighted by Gasteiger charge is -2.19. The Hall–Kier alpha value is -2.66. The molecule has 1 aromatic carbocycles. The van der Waals surface area contributed by atoms with Gasteiger partial charge >= 0.3 is 0 Å². The van der Waals surface area contributed by atoms with E-state index in [4.69, 9.17) is 0 Å². The summed E-state index contributed by atoms with van der Waals surface area (Å²) in [7, 11) is 2.08. The number of aromatic nitrogens is 3. The average molecular weight is 320 g/mol. The zero-order valence-electron chi connectivity index (χ0n) is 12.8. The Labute approximate surface area is 138 Å². The molecule has 23 heavy (non-hydrogen) atoms. The zero-order chi connectivity index (χ0) is 15.6. The number of fused-ring (bicyclic) bond motifs is 1. The van der Waals surface area contributed by atoms with Gasteiger partial charge in [-0.15, -0.1) is 0 Å². The first kappa shape index (κ1) is 14.0. The summed E-state index contributed by atoms with van der Waals surface area (Å²) in [5, 5.41) is 8.75. The fraction of sp³-hybridized carbons (Fsp3) is 0.111. The smallest absolute Gasteiger partial charge is 0.165 e. The summed E-state index contributed by atoms with van der Waals surface area (Å²) in [5.74, 6) is 1.03. The third-order valence-electron chi connectivity index (χ3n) is 3.87. The van der Waals surface area contributed by atoms with Crippen molar-refractivity contribution < 1.29 is 0 Å². The predicted octanol–water partition coefficient (Wildman–Crippen LogP) is 4.09. The average Bonchev–Trinajstić information content (AvgIpc) is 3.24. The highest BCUT2D eigenvalue weighted by atomic mass is 32.1. The van der Waals surface area contributed by atoms with E-state index in [0.29, 0.717) is 0 Å². The molecule has 5 heteroatoms. The van der Waals surface area contributed by atoms with Crippen molar-refractivity contribution in [2.45, 2.75) is 6.54 Å². The Morgan fingerprint density at radius 1 is 1.13 bits per heavy atom. The van der Waals surface area contributed by atoms with Gasteiger partial charge in [-0.05, 0) is 34.0 Å². The van der Waals surface area contributed by atoms with Crippen molar-refractivity contribution in [3.05, 3.63) is 71.2 Å².